The first-order valence-corrected chi connectivity index (χ1v) is 14.6. The molecular weight excluding hydrogens is 552 g/mol. The van der Waals surface area contributed by atoms with E-state index in [0.29, 0.717) is 29.1 Å². The highest BCUT2D eigenvalue weighted by Crippen LogP contribution is 2.32. The molecule has 0 spiro atoms. The Bertz CT molecular complexity index is 1620. The molecule has 0 saturated carbocycles. The molecule has 42 heavy (non-hydrogen) atoms. The van der Waals surface area contributed by atoms with Crippen LogP contribution in [0.5, 0.6) is 11.5 Å². The molecule has 4 aromatic carbocycles. The number of thioether (sulfide) groups is 1. The van der Waals surface area contributed by atoms with E-state index in [0.717, 1.165) is 22.3 Å². The van der Waals surface area contributed by atoms with Crippen molar-refractivity contribution in [1.29, 1.82) is 0 Å². The Hall–Kier alpha value is -4.89. The Morgan fingerprint density at radius 2 is 1.62 bits per heavy atom. The summed E-state index contributed by atoms with van der Waals surface area (Å²) in [7, 11) is 0. The number of nitro groups is 1. The number of carbonyl (C=O) groups excluding carboxylic acids is 1. The fourth-order valence-electron chi connectivity index (χ4n) is 4.35. The van der Waals surface area contributed by atoms with Crippen LogP contribution in [-0.4, -0.2) is 40.0 Å². The van der Waals surface area contributed by atoms with Gasteiger partial charge in [0.15, 0.2) is 0 Å². The van der Waals surface area contributed by atoms with Crippen LogP contribution in [0.2, 0.25) is 0 Å². The van der Waals surface area contributed by atoms with E-state index in [1.807, 2.05) is 73.9 Å². The Morgan fingerprint density at radius 1 is 0.952 bits per heavy atom. The van der Waals surface area contributed by atoms with Crippen molar-refractivity contribution in [3.8, 4) is 22.6 Å². The van der Waals surface area contributed by atoms with Gasteiger partial charge in [-0.05, 0) is 83.5 Å². The van der Waals surface area contributed by atoms with Crippen LogP contribution >= 0.6 is 11.8 Å². The van der Waals surface area contributed by atoms with Crippen LogP contribution in [0.3, 0.4) is 0 Å². The van der Waals surface area contributed by atoms with Crippen molar-refractivity contribution in [2.75, 3.05) is 12.0 Å². The smallest absolute Gasteiger partial charge is 0.326 e. The molecule has 2 N–H and O–H groups in total. The largest absolute Gasteiger partial charge is 0.480 e. The van der Waals surface area contributed by atoms with E-state index in [1.54, 1.807) is 36.4 Å². The number of nitro benzene ring substituents is 1. The molecule has 0 heterocycles. The second-order valence-corrected chi connectivity index (χ2v) is 10.5. The average molecular weight is 583 g/mol. The first-order chi connectivity index (χ1) is 20.3. The number of hydrogen-bond acceptors (Lipinski definition) is 6. The number of nitrogens with zero attached hydrogens (tertiary/aromatic N) is 1. The lowest BCUT2D eigenvalue weighted by atomic mass is 9.93. The minimum atomic E-state index is -1.06. The molecule has 9 heteroatoms. The molecule has 0 unspecified atom stereocenters. The normalized spacial score (nSPS) is 11.7. The highest BCUT2D eigenvalue weighted by molar-refractivity contribution is 7.98. The Balaban J connectivity index is 1.58. The summed E-state index contributed by atoms with van der Waals surface area (Å²) in [6, 6.07) is 25.5. The lowest BCUT2D eigenvalue weighted by Gasteiger charge is -2.17. The van der Waals surface area contributed by atoms with Gasteiger partial charge in [-0.1, -0.05) is 66.7 Å². The second kappa shape index (κ2) is 14.1. The number of carbonyl (C=O) groups is 2. The van der Waals surface area contributed by atoms with E-state index < -0.39 is 22.8 Å². The Kier molecular flexibility index (Phi) is 10.1. The Labute approximate surface area is 248 Å². The predicted octanol–water partition coefficient (Wildman–Crippen LogP) is 7.47. The van der Waals surface area contributed by atoms with Crippen molar-refractivity contribution in [3.63, 3.8) is 0 Å². The molecule has 0 aromatic heterocycles. The first-order valence-electron chi connectivity index (χ1n) is 13.2. The minimum absolute atomic E-state index is 0.110. The van der Waals surface area contributed by atoms with Crippen molar-refractivity contribution in [2.45, 2.75) is 19.4 Å². The van der Waals surface area contributed by atoms with Gasteiger partial charge in [0.05, 0.1) is 4.92 Å². The summed E-state index contributed by atoms with van der Waals surface area (Å²) in [5.41, 5.74) is 4.58. The average Bonchev–Trinajstić information content (AvgIpc) is 2.99. The summed E-state index contributed by atoms with van der Waals surface area (Å²) in [6.45, 7) is 1.96. The predicted molar refractivity (Wildman–Crippen MR) is 167 cm³/mol. The van der Waals surface area contributed by atoms with Crippen LogP contribution in [-0.2, 0) is 4.79 Å². The van der Waals surface area contributed by atoms with Gasteiger partial charge < -0.3 is 15.2 Å². The van der Waals surface area contributed by atoms with Gasteiger partial charge in [0, 0.05) is 11.6 Å². The molecule has 214 valence electrons. The number of ether oxygens (including phenoxy) is 1. The van der Waals surface area contributed by atoms with Crippen LogP contribution in [0.4, 0.5) is 5.69 Å². The molecule has 1 atom stereocenters. The maximum absolute atomic E-state index is 13.3. The molecule has 8 nitrogen and oxygen atoms in total. The van der Waals surface area contributed by atoms with Gasteiger partial charge in [-0.25, -0.2) is 4.79 Å². The molecular formula is C33H30N2O6S. The van der Waals surface area contributed by atoms with Crippen molar-refractivity contribution in [2.24, 2.45) is 0 Å². The summed E-state index contributed by atoms with van der Waals surface area (Å²) in [5.74, 6) is -0.252. The third-order valence-corrected chi connectivity index (χ3v) is 7.22. The maximum atomic E-state index is 13.3. The molecule has 4 rings (SSSR count). The SMILES string of the molecule is CSCC[C@H](NC(=O)c1ccc(C=Cc2ccc(Oc3ccccc3[N+](=O)[O-])cc2)cc1-c1ccccc1C)C(=O)O. The van der Waals surface area contributed by atoms with Crippen LogP contribution < -0.4 is 10.1 Å². The molecule has 0 aliphatic carbocycles. The number of hydrogen-bond donors (Lipinski definition) is 2. The topological polar surface area (TPSA) is 119 Å². The van der Waals surface area contributed by atoms with E-state index in [-0.39, 0.29) is 11.4 Å². The lowest BCUT2D eigenvalue weighted by Crippen LogP contribution is -2.41. The molecule has 0 radical (unpaired) electrons. The van der Waals surface area contributed by atoms with E-state index in [1.165, 1.54) is 17.8 Å². The zero-order valence-electron chi connectivity index (χ0n) is 23.2. The number of aryl methyl sites for hydroxylation is 1. The number of aliphatic carboxylic acids is 1. The minimum Gasteiger partial charge on any atom is -0.480 e. The summed E-state index contributed by atoms with van der Waals surface area (Å²) >= 11 is 1.53. The molecule has 1 amide bonds. The number of benzene rings is 4. The van der Waals surface area contributed by atoms with Crippen LogP contribution in [0, 0.1) is 17.0 Å². The van der Waals surface area contributed by atoms with Gasteiger partial charge >= 0.3 is 11.7 Å². The summed E-state index contributed by atoms with van der Waals surface area (Å²) in [5, 5.41) is 23.6. The number of amides is 1. The maximum Gasteiger partial charge on any atom is 0.326 e. The van der Waals surface area contributed by atoms with Gasteiger partial charge in [0.2, 0.25) is 5.75 Å². The standard InChI is InChI=1S/C33H30N2O6S/c1-22-7-3-4-8-26(22)28-21-24(15-18-27(28)32(36)34-29(33(37)38)19-20-42-2)12-11-23-13-16-25(17-14-23)41-31-10-6-5-9-30(31)35(39)40/h3-18,21,29H,19-20H2,1-2H3,(H,34,36)(H,37,38)/t29-/m0/s1. The van der Waals surface area contributed by atoms with E-state index in [9.17, 15) is 24.8 Å². The van der Waals surface area contributed by atoms with Gasteiger partial charge in [-0.3, -0.25) is 14.9 Å². The molecule has 0 bridgehead atoms. The number of para-hydroxylation sites is 2. The number of carboxylic acids is 1. The fraction of sp³-hybridized carbons (Fsp3) is 0.152. The Morgan fingerprint density at radius 3 is 2.31 bits per heavy atom. The summed E-state index contributed by atoms with van der Waals surface area (Å²) < 4.78 is 5.72. The summed E-state index contributed by atoms with van der Waals surface area (Å²) in [6.07, 6.45) is 6.05. The van der Waals surface area contributed by atoms with Crippen molar-refractivity contribution >= 4 is 41.5 Å². The third kappa shape index (κ3) is 7.64. The molecule has 0 fully saturated rings. The highest BCUT2D eigenvalue weighted by Gasteiger charge is 2.22. The summed E-state index contributed by atoms with van der Waals surface area (Å²) in [4.78, 5) is 35.8. The van der Waals surface area contributed by atoms with Crippen molar-refractivity contribution < 1.29 is 24.4 Å². The van der Waals surface area contributed by atoms with Gasteiger partial charge in [-0.15, -0.1) is 0 Å². The van der Waals surface area contributed by atoms with Gasteiger partial charge in [0.25, 0.3) is 5.91 Å². The number of carboxylic acid groups (broad SMARTS) is 1. The second-order valence-electron chi connectivity index (χ2n) is 9.49. The highest BCUT2D eigenvalue weighted by atomic mass is 32.2. The van der Waals surface area contributed by atoms with Crippen LogP contribution in [0.15, 0.2) is 91.0 Å². The number of nitrogens with one attached hydrogen (secondary N) is 1. The molecule has 0 aliphatic rings. The molecule has 0 saturated heterocycles. The fourth-order valence-corrected chi connectivity index (χ4v) is 4.82. The van der Waals surface area contributed by atoms with Crippen LogP contribution in [0.25, 0.3) is 23.3 Å². The number of rotatable bonds is 12. The van der Waals surface area contributed by atoms with E-state index in [2.05, 4.69) is 5.32 Å². The van der Waals surface area contributed by atoms with Crippen molar-refractivity contribution in [3.05, 3.63) is 123 Å². The van der Waals surface area contributed by atoms with E-state index >= 15 is 0 Å². The first kappa shape index (κ1) is 30.1. The lowest BCUT2D eigenvalue weighted by molar-refractivity contribution is -0.385. The van der Waals surface area contributed by atoms with E-state index in [4.69, 9.17) is 4.74 Å². The monoisotopic (exact) mass is 582 g/mol. The zero-order valence-corrected chi connectivity index (χ0v) is 24.0. The quantitative estimate of drug-likeness (QED) is 0.101. The molecule has 4 aromatic rings. The van der Waals surface area contributed by atoms with Gasteiger partial charge in [-0.2, -0.15) is 11.8 Å². The van der Waals surface area contributed by atoms with Crippen LogP contribution in [0.1, 0.15) is 33.5 Å². The third-order valence-electron chi connectivity index (χ3n) is 6.58. The zero-order chi connectivity index (χ0) is 30.1. The van der Waals surface area contributed by atoms with Crippen molar-refractivity contribution in [1.82, 2.24) is 5.32 Å². The molecule has 0 aliphatic heterocycles. The van der Waals surface area contributed by atoms with Gasteiger partial charge in [0.1, 0.15) is 11.8 Å².